The van der Waals surface area contributed by atoms with Gasteiger partial charge in [0.2, 0.25) is 5.91 Å². The number of nitrogens with one attached hydrogen (secondary N) is 1. The summed E-state index contributed by atoms with van der Waals surface area (Å²) in [4.78, 5) is 14.7. The Balaban J connectivity index is 0.00000225. The predicted octanol–water partition coefficient (Wildman–Crippen LogP) is 2.22. The van der Waals surface area contributed by atoms with Gasteiger partial charge in [-0.3, -0.25) is 4.79 Å². The average Bonchev–Trinajstić information content (AvgIpc) is 3.16. The molecular weight excluding hydrogens is 378 g/mol. The van der Waals surface area contributed by atoms with Crippen LogP contribution in [0.3, 0.4) is 0 Å². The standard InChI is InChI=1S/C20H27N5O2.ClH/c1-15(14-27-17-5-3-2-4-6-17)20(26)24-10-7-16(8-11-24)19-23-22-18-13-21-9-12-25(18)19;/h2-6,15-16,21H,7-14H2,1H3;1H. The Hall–Kier alpha value is -2.12. The van der Waals surface area contributed by atoms with E-state index in [1.165, 1.54) is 0 Å². The Morgan fingerprint density at radius 1 is 1.21 bits per heavy atom. The average molecular weight is 406 g/mol. The Morgan fingerprint density at radius 3 is 2.71 bits per heavy atom. The van der Waals surface area contributed by atoms with Crippen LogP contribution in [-0.2, 0) is 17.9 Å². The summed E-state index contributed by atoms with van der Waals surface area (Å²) in [5.74, 6) is 3.36. The van der Waals surface area contributed by atoms with Crippen molar-refractivity contribution >= 4 is 18.3 Å². The van der Waals surface area contributed by atoms with Crippen molar-refractivity contribution in [3.8, 4) is 5.75 Å². The van der Waals surface area contributed by atoms with Gasteiger partial charge >= 0.3 is 0 Å². The zero-order valence-corrected chi connectivity index (χ0v) is 17.0. The van der Waals surface area contributed by atoms with Gasteiger partial charge in [0.05, 0.1) is 19.1 Å². The molecule has 8 heteroatoms. The molecule has 0 aliphatic carbocycles. The summed E-state index contributed by atoms with van der Waals surface area (Å²) in [6, 6.07) is 9.65. The van der Waals surface area contributed by atoms with Gasteiger partial charge in [-0.25, -0.2) is 0 Å². The van der Waals surface area contributed by atoms with Crippen LogP contribution < -0.4 is 10.1 Å². The van der Waals surface area contributed by atoms with Crippen molar-refractivity contribution < 1.29 is 9.53 Å². The second-order valence-electron chi connectivity index (χ2n) is 7.43. The quantitative estimate of drug-likeness (QED) is 0.825. The van der Waals surface area contributed by atoms with Gasteiger partial charge in [-0.05, 0) is 25.0 Å². The van der Waals surface area contributed by atoms with Gasteiger partial charge in [0.1, 0.15) is 17.4 Å². The number of nitrogens with zero attached hydrogens (tertiary/aromatic N) is 4. The first-order valence-electron chi connectivity index (χ1n) is 9.81. The highest BCUT2D eigenvalue weighted by Gasteiger charge is 2.30. The van der Waals surface area contributed by atoms with Crippen molar-refractivity contribution in [3.63, 3.8) is 0 Å². The molecule has 3 heterocycles. The minimum Gasteiger partial charge on any atom is -0.493 e. The molecule has 1 N–H and O–H groups in total. The Bertz CT molecular complexity index is 774. The Labute approximate surface area is 171 Å². The number of amides is 1. The molecule has 4 rings (SSSR count). The summed E-state index contributed by atoms with van der Waals surface area (Å²) >= 11 is 0. The Morgan fingerprint density at radius 2 is 1.96 bits per heavy atom. The summed E-state index contributed by atoms with van der Waals surface area (Å²) in [5.41, 5.74) is 0. The second-order valence-corrected chi connectivity index (χ2v) is 7.43. The first-order valence-corrected chi connectivity index (χ1v) is 9.81. The number of fused-ring (bicyclic) bond motifs is 1. The summed E-state index contributed by atoms with van der Waals surface area (Å²) in [5, 5.41) is 12.1. The van der Waals surface area contributed by atoms with Crippen LogP contribution in [0.5, 0.6) is 5.75 Å². The molecule has 7 nitrogen and oxygen atoms in total. The first kappa shape index (κ1) is 20.6. The third kappa shape index (κ3) is 4.47. The van der Waals surface area contributed by atoms with E-state index in [1.807, 2.05) is 42.2 Å². The molecule has 1 unspecified atom stereocenters. The second kappa shape index (κ2) is 9.39. The van der Waals surface area contributed by atoms with E-state index in [-0.39, 0.29) is 24.2 Å². The smallest absolute Gasteiger partial charge is 0.228 e. The van der Waals surface area contributed by atoms with E-state index in [9.17, 15) is 4.79 Å². The van der Waals surface area contributed by atoms with Crippen LogP contribution in [0.2, 0.25) is 0 Å². The van der Waals surface area contributed by atoms with E-state index in [0.29, 0.717) is 12.5 Å². The lowest BCUT2D eigenvalue weighted by molar-refractivity contribution is -0.137. The molecule has 1 amide bonds. The molecule has 1 fully saturated rings. The third-order valence-electron chi connectivity index (χ3n) is 5.49. The summed E-state index contributed by atoms with van der Waals surface area (Å²) in [6.07, 6.45) is 1.90. The number of hydrogen-bond acceptors (Lipinski definition) is 5. The number of aromatic nitrogens is 3. The van der Waals surface area contributed by atoms with Crippen LogP contribution in [-0.4, -0.2) is 51.8 Å². The van der Waals surface area contributed by atoms with Crippen molar-refractivity contribution in [2.45, 2.75) is 38.8 Å². The van der Waals surface area contributed by atoms with Crippen LogP contribution in [0.15, 0.2) is 30.3 Å². The fraction of sp³-hybridized carbons (Fsp3) is 0.550. The van der Waals surface area contributed by atoms with Crippen molar-refractivity contribution in [2.75, 3.05) is 26.2 Å². The van der Waals surface area contributed by atoms with Crippen LogP contribution in [0.1, 0.15) is 37.3 Å². The third-order valence-corrected chi connectivity index (χ3v) is 5.49. The van der Waals surface area contributed by atoms with Gasteiger partial charge in [0, 0.05) is 32.1 Å². The van der Waals surface area contributed by atoms with Crippen LogP contribution in [0.4, 0.5) is 0 Å². The van der Waals surface area contributed by atoms with Crippen molar-refractivity contribution in [1.82, 2.24) is 25.0 Å². The SMILES string of the molecule is CC(COc1ccccc1)C(=O)N1CCC(c2nnc3n2CCNC3)CC1.Cl. The molecule has 1 atom stereocenters. The number of piperidine rings is 1. The zero-order valence-electron chi connectivity index (χ0n) is 16.2. The van der Waals surface area contributed by atoms with E-state index < -0.39 is 0 Å². The highest BCUT2D eigenvalue weighted by Crippen LogP contribution is 2.28. The largest absolute Gasteiger partial charge is 0.493 e. The Kier molecular flexibility index (Phi) is 6.91. The number of para-hydroxylation sites is 1. The molecule has 1 aromatic heterocycles. The number of carbonyl (C=O) groups excluding carboxylic acids is 1. The van der Waals surface area contributed by atoms with Gasteiger partial charge in [-0.1, -0.05) is 25.1 Å². The minimum atomic E-state index is -0.145. The number of hydrogen-bond donors (Lipinski definition) is 1. The summed E-state index contributed by atoms with van der Waals surface area (Å²) < 4.78 is 8.01. The number of halogens is 1. The van der Waals surface area contributed by atoms with E-state index in [1.54, 1.807) is 0 Å². The molecule has 2 aromatic rings. The lowest BCUT2D eigenvalue weighted by Crippen LogP contribution is -2.42. The fourth-order valence-corrected chi connectivity index (χ4v) is 3.90. The predicted molar refractivity (Wildman–Crippen MR) is 109 cm³/mol. The lowest BCUT2D eigenvalue weighted by Gasteiger charge is -2.33. The molecule has 0 spiro atoms. The molecule has 1 saturated heterocycles. The lowest BCUT2D eigenvalue weighted by atomic mass is 9.95. The summed E-state index contributed by atoms with van der Waals surface area (Å²) in [6.45, 7) is 6.61. The van der Waals surface area contributed by atoms with Gasteiger partial charge in [-0.15, -0.1) is 22.6 Å². The van der Waals surface area contributed by atoms with Crippen molar-refractivity contribution in [3.05, 3.63) is 42.0 Å². The monoisotopic (exact) mass is 405 g/mol. The van der Waals surface area contributed by atoms with Crippen LogP contribution in [0, 0.1) is 5.92 Å². The van der Waals surface area contributed by atoms with Crippen molar-refractivity contribution in [1.29, 1.82) is 0 Å². The molecule has 152 valence electrons. The molecule has 1 aromatic carbocycles. The number of benzene rings is 1. The van der Waals surface area contributed by atoms with Crippen molar-refractivity contribution in [2.24, 2.45) is 5.92 Å². The van der Waals surface area contributed by atoms with Gasteiger partial charge in [-0.2, -0.15) is 0 Å². The topological polar surface area (TPSA) is 72.3 Å². The maximum atomic E-state index is 12.7. The minimum absolute atomic E-state index is 0. The van der Waals surface area contributed by atoms with Gasteiger partial charge < -0.3 is 19.5 Å². The maximum absolute atomic E-state index is 12.7. The molecule has 28 heavy (non-hydrogen) atoms. The maximum Gasteiger partial charge on any atom is 0.228 e. The van der Waals surface area contributed by atoms with Gasteiger partial charge in [0.15, 0.2) is 0 Å². The number of likely N-dealkylation sites (tertiary alicyclic amines) is 1. The highest BCUT2D eigenvalue weighted by molar-refractivity contribution is 5.85. The van der Waals surface area contributed by atoms with E-state index in [0.717, 1.165) is 63.0 Å². The van der Waals surface area contributed by atoms with E-state index in [4.69, 9.17) is 4.74 Å². The van der Waals surface area contributed by atoms with Crippen LogP contribution in [0.25, 0.3) is 0 Å². The molecule has 0 bridgehead atoms. The fourth-order valence-electron chi connectivity index (χ4n) is 3.90. The number of rotatable bonds is 5. The van der Waals surface area contributed by atoms with E-state index in [2.05, 4.69) is 20.1 Å². The number of carbonyl (C=O) groups is 1. The van der Waals surface area contributed by atoms with Crippen LogP contribution >= 0.6 is 12.4 Å². The highest BCUT2D eigenvalue weighted by atomic mass is 35.5. The zero-order chi connectivity index (χ0) is 18.6. The molecule has 2 aliphatic rings. The molecule has 2 aliphatic heterocycles. The molecular formula is C20H28ClN5O2. The number of ether oxygens (including phenoxy) is 1. The molecule has 0 saturated carbocycles. The van der Waals surface area contributed by atoms with E-state index >= 15 is 0 Å². The normalized spacial score (nSPS) is 18.1. The van der Waals surface area contributed by atoms with Gasteiger partial charge in [0.25, 0.3) is 0 Å². The summed E-state index contributed by atoms with van der Waals surface area (Å²) in [7, 11) is 0. The first-order chi connectivity index (χ1) is 13.2. The molecule has 0 radical (unpaired) electrons.